The number of aromatic carboxylic acids is 1. The Labute approximate surface area is 121 Å². The zero-order valence-corrected chi connectivity index (χ0v) is 12.3. The lowest BCUT2D eigenvalue weighted by Crippen LogP contribution is -2.28. The molecule has 0 saturated heterocycles. The minimum absolute atomic E-state index is 0.0987. The second kappa shape index (κ2) is 5.39. The lowest BCUT2D eigenvalue weighted by Gasteiger charge is -2.12. The second-order valence-corrected chi connectivity index (χ2v) is 4.91. The lowest BCUT2D eigenvalue weighted by atomic mass is 10.1. The fourth-order valence-electron chi connectivity index (χ4n) is 2.20. The second-order valence-electron chi connectivity index (χ2n) is 4.91. The van der Waals surface area contributed by atoms with Crippen LogP contribution < -0.4 is 5.32 Å². The number of aromatic nitrogens is 4. The molecule has 0 fully saturated rings. The van der Waals surface area contributed by atoms with Gasteiger partial charge in [-0.1, -0.05) is 0 Å². The van der Waals surface area contributed by atoms with Crippen LogP contribution in [0.2, 0.25) is 0 Å². The number of aryl methyl sites for hydroxylation is 3. The van der Waals surface area contributed by atoms with Gasteiger partial charge in [0.1, 0.15) is 5.56 Å². The lowest BCUT2D eigenvalue weighted by molar-refractivity contribution is 0.0690. The van der Waals surface area contributed by atoms with Gasteiger partial charge < -0.3 is 10.4 Å². The number of amides is 1. The van der Waals surface area contributed by atoms with Gasteiger partial charge in [-0.3, -0.25) is 14.2 Å². The molecule has 2 aromatic rings. The standard InChI is InChI=1S/C13H17N5O3/c1-7(9-5-17(3)15-8(9)2)14-12(19)11-10(13(20)21)6-18(4)16-11/h5-7H,1-4H3,(H,14,19)(H,20,21)/t7-/m1/s1. The van der Waals surface area contributed by atoms with Gasteiger partial charge in [-0.15, -0.1) is 0 Å². The third-order valence-electron chi connectivity index (χ3n) is 3.14. The Kier molecular flexibility index (Phi) is 3.79. The zero-order chi connectivity index (χ0) is 15.7. The Morgan fingerprint density at radius 3 is 2.38 bits per heavy atom. The van der Waals surface area contributed by atoms with Crippen LogP contribution in [0.3, 0.4) is 0 Å². The van der Waals surface area contributed by atoms with Gasteiger partial charge in [0.05, 0.1) is 11.7 Å². The van der Waals surface area contributed by atoms with Crippen molar-refractivity contribution < 1.29 is 14.7 Å². The molecule has 0 saturated carbocycles. The van der Waals surface area contributed by atoms with Crippen molar-refractivity contribution in [2.24, 2.45) is 14.1 Å². The predicted octanol–water partition coefficient (Wildman–Crippen LogP) is 0.651. The molecule has 0 aliphatic carbocycles. The van der Waals surface area contributed by atoms with E-state index >= 15 is 0 Å². The topological polar surface area (TPSA) is 102 Å². The number of carbonyl (C=O) groups is 2. The normalized spacial score (nSPS) is 12.2. The molecule has 2 aromatic heterocycles. The van der Waals surface area contributed by atoms with Crippen molar-refractivity contribution >= 4 is 11.9 Å². The summed E-state index contributed by atoms with van der Waals surface area (Å²) in [5.74, 6) is -1.71. The SMILES string of the molecule is Cc1nn(C)cc1[C@@H](C)NC(=O)c1nn(C)cc1C(=O)O. The molecule has 112 valence electrons. The van der Waals surface area contributed by atoms with E-state index in [4.69, 9.17) is 5.11 Å². The molecule has 0 radical (unpaired) electrons. The van der Waals surface area contributed by atoms with Crippen molar-refractivity contribution in [3.8, 4) is 0 Å². The number of carboxylic acid groups (broad SMARTS) is 1. The zero-order valence-electron chi connectivity index (χ0n) is 12.3. The average molecular weight is 291 g/mol. The van der Waals surface area contributed by atoms with Gasteiger partial charge >= 0.3 is 5.97 Å². The summed E-state index contributed by atoms with van der Waals surface area (Å²) in [4.78, 5) is 23.3. The van der Waals surface area contributed by atoms with E-state index in [9.17, 15) is 9.59 Å². The minimum atomic E-state index is -1.18. The molecular weight excluding hydrogens is 274 g/mol. The van der Waals surface area contributed by atoms with E-state index in [2.05, 4.69) is 15.5 Å². The van der Waals surface area contributed by atoms with Crippen molar-refractivity contribution in [2.45, 2.75) is 19.9 Å². The van der Waals surface area contributed by atoms with Crippen LogP contribution in [-0.4, -0.2) is 36.5 Å². The first kappa shape index (κ1) is 14.8. The van der Waals surface area contributed by atoms with Crippen molar-refractivity contribution in [3.05, 3.63) is 34.9 Å². The number of carboxylic acids is 1. The first-order chi connectivity index (χ1) is 9.79. The Bertz CT molecular complexity index is 701. The first-order valence-corrected chi connectivity index (χ1v) is 6.37. The molecule has 1 atom stereocenters. The van der Waals surface area contributed by atoms with Crippen LogP contribution in [-0.2, 0) is 14.1 Å². The molecule has 0 aromatic carbocycles. The average Bonchev–Trinajstić information content (AvgIpc) is 2.92. The number of nitrogens with one attached hydrogen (secondary N) is 1. The van der Waals surface area contributed by atoms with Gasteiger partial charge in [-0.25, -0.2) is 4.79 Å². The van der Waals surface area contributed by atoms with Crippen LogP contribution in [0, 0.1) is 6.92 Å². The summed E-state index contributed by atoms with van der Waals surface area (Å²) in [5.41, 5.74) is 1.46. The highest BCUT2D eigenvalue weighted by Crippen LogP contribution is 2.16. The smallest absolute Gasteiger partial charge is 0.339 e. The number of nitrogens with zero attached hydrogens (tertiary/aromatic N) is 4. The summed E-state index contributed by atoms with van der Waals surface area (Å²) < 4.78 is 2.97. The van der Waals surface area contributed by atoms with Gasteiger partial charge in [-0.05, 0) is 13.8 Å². The van der Waals surface area contributed by atoms with E-state index in [0.29, 0.717) is 0 Å². The van der Waals surface area contributed by atoms with Gasteiger partial charge in [0.15, 0.2) is 5.69 Å². The fourth-order valence-corrected chi connectivity index (χ4v) is 2.20. The molecule has 0 unspecified atom stereocenters. The fraction of sp³-hybridized carbons (Fsp3) is 0.385. The number of hydrogen-bond acceptors (Lipinski definition) is 4. The number of carbonyl (C=O) groups excluding carboxylic acids is 1. The van der Waals surface area contributed by atoms with E-state index in [0.717, 1.165) is 11.3 Å². The highest BCUT2D eigenvalue weighted by atomic mass is 16.4. The van der Waals surface area contributed by atoms with E-state index in [1.165, 1.54) is 10.9 Å². The molecule has 1 amide bonds. The number of rotatable bonds is 4. The van der Waals surface area contributed by atoms with E-state index in [-0.39, 0.29) is 17.3 Å². The molecule has 8 heteroatoms. The minimum Gasteiger partial charge on any atom is -0.478 e. The van der Waals surface area contributed by atoms with Gasteiger partial charge in [0.2, 0.25) is 0 Å². The predicted molar refractivity (Wildman–Crippen MR) is 74.0 cm³/mol. The van der Waals surface area contributed by atoms with Crippen molar-refractivity contribution in [3.63, 3.8) is 0 Å². The van der Waals surface area contributed by atoms with Crippen LogP contribution in [0.4, 0.5) is 0 Å². The van der Waals surface area contributed by atoms with Crippen LogP contribution in [0.15, 0.2) is 12.4 Å². The van der Waals surface area contributed by atoms with Crippen LogP contribution in [0.5, 0.6) is 0 Å². The Hall–Kier alpha value is -2.64. The molecule has 0 spiro atoms. The summed E-state index contributed by atoms with van der Waals surface area (Å²) in [5, 5.41) is 19.9. The van der Waals surface area contributed by atoms with Gasteiger partial charge in [0, 0.05) is 32.1 Å². The summed E-state index contributed by atoms with van der Waals surface area (Å²) in [6, 6.07) is -0.296. The monoisotopic (exact) mass is 291 g/mol. The molecule has 2 N–H and O–H groups in total. The Balaban J connectivity index is 2.22. The van der Waals surface area contributed by atoms with Gasteiger partial charge in [-0.2, -0.15) is 10.2 Å². The molecule has 8 nitrogen and oxygen atoms in total. The van der Waals surface area contributed by atoms with E-state index < -0.39 is 11.9 Å². The summed E-state index contributed by atoms with van der Waals surface area (Å²) in [7, 11) is 3.37. The maximum Gasteiger partial charge on any atom is 0.339 e. The maximum absolute atomic E-state index is 12.2. The highest BCUT2D eigenvalue weighted by Gasteiger charge is 2.23. The highest BCUT2D eigenvalue weighted by molar-refractivity contribution is 6.03. The molecular formula is C13H17N5O3. The quantitative estimate of drug-likeness (QED) is 0.861. The molecule has 0 aliphatic heterocycles. The summed E-state index contributed by atoms with van der Waals surface area (Å²) >= 11 is 0. The molecule has 0 aliphatic rings. The first-order valence-electron chi connectivity index (χ1n) is 6.37. The third-order valence-corrected chi connectivity index (χ3v) is 3.14. The van der Waals surface area contributed by atoms with Crippen molar-refractivity contribution in [2.75, 3.05) is 0 Å². The van der Waals surface area contributed by atoms with E-state index in [1.807, 2.05) is 20.0 Å². The molecule has 21 heavy (non-hydrogen) atoms. The van der Waals surface area contributed by atoms with Crippen molar-refractivity contribution in [1.82, 2.24) is 24.9 Å². The number of hydrogen-bond donors (Lipinski definition) is 2. The van der Waals surface area contributed by atoms with Crippen LogP contribution >= 0.6 is 0 Å². The molecule has 0 bridgehead atoms. The summed E-state index contributed by atoms with van der Waals surface area (Å²) in [6.07, 6.45) is 3.12. The largest absolute Gasteiger partial charge is 0.478 e. The van der Waals surface area contributed by atoms with Crippen LogP contribution in [0.1, 0.15) is 45.1 Å². The summed E-state index contributed by atoms with van der Waals surface area (Å²) in [6.45, 7) is 3.66. The molecule has 2 rings (SSSR count). The third kappa shape index (κ3) is 2.93. The van der Waals surface area contributed by atoms with E-state index in [1.54, 1.807) is 18.8 Å². The van der Waals surface area contributed by atoms with Gasteiger partial charge in [0.25, 0.3) is 5.91 Å². The maximum atomic E-state index is 12.2. The van der Waals surface area contributed by atoms with Crippen molar-refractivity contribution in [1.29, 1.82) is 0 Å². The molecule has 2 heterocycles. The Morgan fingerprint density at radius 2 is 1.86 bits per heavy atom. The van der Waals surface area contributed by atoms with Crippen LogP contribution in [0.25, 0.3) is 0 Å². The Morgan fingerprint density at radius 1 is 1.24 bits per heavy atom.